The van der Waals surface area contributed by atoms with Crippen molar-refractivity contribution in [1.29, 1.82) is 0 Å². The molecule has 0 N–H and O–H groups in total. The summed E-state index contributed by atoms with van der Waals surface area (Å²) in [6, 6.07) is 11.8. The van der Waals surface area contributed by atoms with E-state index in [4.69, 9.17) is 0 Å². The van der Waals surface area contributed by atoms with Crippen LogP contribution >= 0.6 is 0 Å². The van der Waals surface area contributed by atoms with Crippen LogP contribution in [-0.4, -0.2) is 30.2 Å². The van der Waals surface area contributed by atoms with Crippen molar-refractivity contribution in [3.05, 3.63) is 61.6 Å². The number of hydrogen-bond acceptors (Lipinski definition) is 5. The summed E-state index contributed by atoms with van der Waals surface area (Å²) in [6.07, 6.45) is 4.90. The van der Waals surface area contributed by atoms with Gasteiger partial charge in [0.05, 0.1) is 11.0 Å². The van der Waals surface area contributed by atoms with E-state index < -0.39 is 0 Å². The first-order valence-electron chi connectivity index (χ1n) is 6.78. The van der Waals surface area contributed by atoms with Crippen LogP contribution in [-0.2, 0) is 0 Å². The maximum Gasteiger partial charge on any atom is 0.176 e. The van der Waals surface area contributed by atoms with Gasteiger partial charge < -0.3 is 0 Å². The molecule has 6 nitrogen and oxygen atoms in total. The quantitative estimate of drug-likeness (QED) is 0.398. The summed E-state index contributed by atoms with van der Waals surface area (Å²) in [5.41, 5.74) is 1.72. The van der Waals surface area contributed by atoms with Crippen LogP contribution in [0.15, 0.2) is 61.6 Å². The molecule has 4 aromatic rings. The standard InChI is InChI=1S/C13H8N6.C3H6/c1-2-9-3-4-10-5-6-11(19-16-8-15-18-19)17-13(10)12(9)14-7-1;1-3-2/h1-8H;3H,1H2,2H3. The van der Waals surface area contributed by atoms with Gasteiger partial charge in [0.25, 0.3) is 0 Å². The number of fused-ring (bicyclic) bond motifs is 3. The maximum absolute atomic E-state index is 4.58. The zero-order chi connectivity index (χ0) is 15.4. The summed E-state index contributed by atoms with van der Waals surface area (Å²) in [7, 11) is 0. The summed E-state index contributed by atoms with van der Waals surface area (Å²) in [4.78, 5) is 10.4. The second-order valence-corrected chi connectivity index (χ2v) is 4.52. The molecular formula is C16H14N6. The van der Waals surface area contributed by atoms with E-state index in [9.17, 15) is 0 Å². The molecule has 4 rings (SSSR count). The van der Waals surface area contributed by atoms with Crippen LogP contribution in [0.5, 0.6) is 0 Å². The fourth-order valence-electron chi connectivity index (χ4n) is 2.10. The number of allylic oxidation sites excluding steroid dienone is 1. The second kappa shape index (κ2) is 6.09. The Morgan fingerprint density at radius 2 is 1.77 bits per heavy atom. The smallest absolute Gasteiger partial charge is 0.176 e. The molecule has 3 aromatic heterocycles. The fraction of sp³-hybridized carbons (Fsp3) is 0.0625. The van der Waals surface area contributed by atoms with Crippen molar-refractivity contribution in [1.82, 2.24) is 30.2 Å². The highest BCUT2D eigenvalue weighted by Gasteiger charge is 2.06. The van der Waals surface area contributed by atoms with E-state index in [-0.39, 0.29) is 0 Å². The third kappa shape index (κ3) is 2.54. The molecule has 22 heavy (non-hydrogen) atoms. The third-order valence-electron chi connectivity index (χ3n) is 2.97. The monoisotopic (exact) mass is 290 g/mol. The average molecular weight is 290 g/mol. The van der Waals surface area contributed by atoms with Crippen molar-refractivity contribution in [2.75, 3.05) is 0 Å². The summed E-state index contributed by atoms with van der Waals surface area (Å²) in [5, 5.41) is 13.6. The predicted molar refractivity (Wildman–Crippen MR) is 85.6 cm³/mol. The first-order valence-corrected chi connectivity index (χ1v) is 6.78. The zero-order valence-corrected chi connectivity index (χ0v) is 12.1. The van der Waals surface area contributed by atoms with E-state index in [0.29, 0.717) is 5.82 Å². The summed E-state index contributed by atoms with van der Waals surface area (Å²) >= 11 is 0. The second-order valence-electron chi connectivity index (χ2n) is 4.52. The van der Waals surface area contributed by atoms with E-state index in [0.717, 1.165) is 21.8 Å². The largest absolute Gasteiger partial charge is 0.254 e. The Kier molecular flexibility index (Phi) is 3.82. The molecule has 1 aromatic carbocycles. The van der Waals surface area contributed by atoms with Gasteiger partial charge in [-0.2, -0.15) is 0 Å². The van der Waals surface area contributed by atoms with Gasteiger partial charge in [-0.1, -0.05) is 24.3 Å². The Bertz CT molecular complexity index is 914. The predicted octanol–water partition coefficient (Wildman–Crippen LogP) is 2.95. The molecule has 0 aliphatic heterocycles. The Morgan fingerprint density at radius 3 is 2.50 bits per heavy atom. The molecule has 0 aliphatic rings. The highest BCUT2D eigenvalue weighted by Crippen LogP contribution is 2.22. The highest BCUT2D eigenvalue weighted by atomic mass is 15.6. The molecule has 0 saturated carbocycles. The average Bonchev–Trinajstić information content (AvgIpc) is 3.09. The van der Waals surface area contributed by atoms with Gasteiger partial charge in [0.15, 0.2) is 12.1 Å². The van der Waals surface area contributed by atoms with E-state index >= 15 is 0 Å². The molecule has 0 fully saturated rings. The van der Waals surface area contributed by atoms with E-state index in [1.807, 2.05) is 43.3 Å². The molecule has 108 valence electrons. The number of pyridine rings is 2. The molecule has 0 saturated heterocycles. The Morgan fingerprint density at radius 1 is 1.05 bits per heavy atom. The minimum Gasteiger partial charge on any atom is -0.254 e. The lowest BCUT2D eigenvalue weighted by molar-refractivity contribution is 0.703. The van der Waals surface area contributed by atoms with Crippen molar-refractivity contribution in [3.8, 4) is 5.82 Å². The van der Waals surface area contributed by atoms with Crippen molar-refractivity contribution < 1.29 is 0 Å². The zero-order valence-electron chi connectivity index (χ0n) is 12.1. The number of aromatic nitrogens is 6. The first-order chi connectivity index (χ1) is 10.8. The lowest BCUT2D eigenvalue weighted by Gasteiger charge is -2.04. The fourth-order valence-corrected chi connectivity index (χ4v) is 2.10. The lowest BCUT2D eigenvalue weighted by Crippen LogP contribution is -2.02. The third-order valence-corrected chi connectivity index (χ3v) is 2.97. The van der Waals surface area contributed by atoms with Crippen LogP contribution in [0.1, 0.15) is 6.92 Å². The normalized spacial score (nSPS) is 10.2. The molecule has 0 atom stereocenters. The van der Waals surface area contributed by atoms with Gasteiger partial charge in [-0.05, 0) is 30.3 Å². The Labute approximate surface area is 127 Å². The van der Waals surface area contributed by atoms with Gasteiger partial charge in [0, 0.05) is 17.0 Å². The summed E-state index contributed by atoms with van der Waals surface area (Å²) in [6.45, 7) is 5.25. The molecule has 0 aliphatic carbocycles. The van der Waals surface area contributed by atoms with Crippen LogP contribution in [0.4, 0.5) is 0 Å². The highest BCUT2D eigenvalue weighted by molar-refractivity contribution is 6.02. The van der Waals surface area contributed by atoms with E-state index in [1.165, 1.54) is 11.1 Å². The van der Waals surface area contributed by atoms with Crippen molar-refractivity contribution in [3.63, 3.8) is 0 Å². The van der Waals surface area contributed by atoms with Crippen LogP contribution < -0.4 is 0 Å². The van der Waals surface area contributed by atoms with E-state index in [2.05, 4.69) is 32.0 Å². The Hall–Kier alpha value is -3.15. The SMILES string of the molecule is C=CC.c1cnc2c(c1)ccc1ccc(-n3ncnn3)nc12. The molecule has 0 unspecified atom stereocenters. The molecule has 0 spiro atoms. The minimum atomic E-state index is 0.628. The van der Waals surface area contributed by atoms with Gasteiger partial charge in [-0.3, -0.25) is 4.98 Å². The van der Waals surface area contributed by atoms with Gasteiger partial charge >= 0.3 is 0 Å². The molecule has 0 amide bonds. The number of rotatable bonds is 1. The number of benzene rings is 1. The van der Waals surface area contributed by atoms with Crippen molar-refractivity contribution in [2.45, 2.75) is 6.92 Å². The van der Waals surface area contributed by atoms with Gasteiger partial charge in [0.2, 0.25) is 0 Å². The Balaban J connectivity index is 0.000000446. The number of tetrazole rings is 1. The molecule has 0 bridgehead atoms. The van der Waals surface area contributed by atoms with Gasteiger partial charge in [0.1, 0.15) is 0 Å². The van der Waals surface area contributed by atoms with Crippen LogP contribution in [0, 0.1) is 0 Å². The first kappa shape index (κ1) is 13.8. The molecule has 3 heterocycles. The van der Waals surface area contributed by atoms with Gasteiger partial charge in [-0.25, -0.2) is 4.98 Å². The van der Waals surface area contributed by atoms with Crippen LogP contribution in [0.25, 0.3) is 27.6 Å². The van der Waals surface area contributed by atoms with Crippen LogP contribution in [0.2, 0.25) is 0 Å². The molecular weight excluding hydrogens is 276 g/mol. The number of hydrogen-bond donors (Lipinski definition) is 0. The van der Waals surface area contributed by atoms with E-state index in [1.54, 1.807) is 12.3 Å². The maximum atomic E-state index is 4.58. The van der Waals surface area contributed by atoms with Crippen molar-refractivity contribution in [2.24, 2.45) is 0 Å². The number of nitrogens with zero attached hydrogens (tertiary/aromatic N) is 6. The summed E-state index contributed by atoms with van der Waals surface area (Å²) < 4.78 is 0. The summed E-state index contributed by atoms with van der Waals surface area (Å²) in [5.74, 6) is 0.628. The topological polar surface area (TPSA) is 69.4 Å². The van der Waals surface area contributed by atoms with Gasteiger partial charge in [-0.15, -0.1) is 21.6 Å². The van der Waals surface area contributed by atoms with Crippen molar-refractivity contribution >= 4 is 21.8 Å². The van der Waals surface area contributed by atoms with Crippen LogP contribution in [0.3, 0.4) is 0 Å². The lowest BCUT2D eigenvalue weighted by atomic mass is 10.1. The minimum absolute atomic E-state index is 0.628. The molecule has 6 heteroatoms. The molecule has 0 radical (unpaired) electrons.